The van der Waals surface area contributed by atoms with E-state index in [0.29, 0.717) is 5.75 Å². The van der Waals surface area contributed by atoms with Gasteiger partial charge in [-0.15, -0.1) is 0 Å². The van der Waals surface area contributed by atoms with Gasteiger partial charge in [-0.1, -0.05) is 25.1 Å². The summed E-state index contributed by atoms with van der Waals surface area (Å²) in [5.41, 5.74) is 3.66. The van der Waals surface area contributed by atoms with E-state index in [2.05, 4.69) is 38.2 Å². The summed E-state index contributed by atoms with van der Waals surface area (Å²) in [6.45, 7) is 7.25. The lowest BCUT2D eigenvalue weighted by atomic mass is 9.81. The molecular formula is C20H25NO2. The number of hydrogen-bond acceptors (Lipinski definition) is 3. The van der Waals surface area contributed by atoms with E-state index < -0.39 is 0 Å². The van der Waals surface area contributed by atoms with Gasteiger partial charge in [-0.25, -0.2) is 0 Å². The highest BCUT2D eigenvalue weighted by Gasteiger charge is 2.32. The van der Waals surface area contributed by atoms with Crippen LogP contribution in [0.3, 0.4) is 0 Å². The second-order valence-electron chi connectivity index (χ2n) is 6.94. The van der Waals surface area contributed by atoms with E-state index in [9.17, 15) is 5.11 Å². The summed E-state index contributed by atoms with van der Waals surface area (Å²) in [5, 5.41) is 13.5. The van der Waals surface area contributed by atoms with Gasteiger partial charge in [-0.3, -0.25) is 0 Å². The molecule has 0 radical (unpaired) electrons. The summed E-state index contributed by atoms with van der Waals surface area (Å²) < 4.78 is 5.67. The number of rotatable bonds is 4. The van der Waals surface area contributed by atoms with Crippen LogP contribution in [0, 0.1) is 0 Å². The molecule has 1 aliphatic heterocycles. The van der Waals surface area contributed by atoms with Crippen LogP contribution in [0.4, 0.5) is 0 Å². The molecule has 23 heavy (non-hydrogen) atoms. The van der Waals surface area contributed by atoms with Gasteiger partial charge in [0.25, 0.3) is 0 Å². The van der Waals surface area contributed by atoms with E-state index in [4.69, 9.17) is 4.74 Å². The molecule has 0 unspecified atom stereocenters. The molecule has 0 fully saturated rings. The lowest BCUT2D eigenvalue weighted by molar-refractivity contribution is 0.316. The fourth-order valence-electron chi connectivity index (χ4n) is 3.26. The largest absolute Gasteiger partial charge is 0.508 e. The zero-order valence-corrected chi connectivity index (χ0v) is 14.1. The summed E-state index contributed by atoms with van der Waals surface area (Å²) in [5.74, 6) is 1.25. The Balaban J connectivity index is 1.93. The van der Waals surface area contributed by atoms with Crippen molar-refractivity contribution >= 4 is 0 Å². The first-order chi connectivity index (χ1) is 11.0. The fraction of sp³-hybridized carbons (Fsp3) is 0.400. The van der Waals surface area contributed by atoms with Crippen molar-refractivity contribution in [1.29, 1.82) is 0 Å². The van der Waals surface area contributed by atoms with E-state index in [1.165, 1.54) is 16.7 Å². The van der Waals surface area contributed by atoms with Crippen molar-refractivity contribution in [2.75, 3.05) is 6.61 Å². The van der Waals surface area contributed by atoms with Gasteiger partial charge in [0.1, 0.15) is 11.5 Å². The first-order valence-corrected chi connectivity index (χ1v) is 8.31. The number of aromatic hydroxyl groups is 1. The van der Waals surface area contributed by atoms with Crippen LogP contribution in [0.15, 0.2) is 42.5 Å². The van der Waals surface area contributed by atoms with Crippen LogP contribution in [0.1, 0.15) is 49.9 Å². The number of benzene rings is 2. The maximum Gasteiger partial charge on any atom is 0.119 e. The quantitative estimate of drug-likeness (QED) is 0.889. The van der Waals surface area contributed by atoms with E-state index in [0.717, 1.165) is 25.2 Å². The zero-order chi connectivity index (χ0) is 16.4. The van der Waals surface area contributed by atoms with Crippen LogP contribution >= 0.6 is 0 Å². The van der Waals surface area contributed by atoms with E-state index in [1.54, 1.807) is 6.07 Å². The number of phenolic OH excluding ortho intramolecular Hbond substituents is 1. The molecule has 0 spiro atoms. The molecule has 3 nitrogen and oxygen atoms in total. The van der Waals surface area contributed by atoms with Crippen molar-refractivity contribution < 1.29 is 9.84 Å². The van der Waals surface area contributed by atoms with E-state index in [1.807, 2.05) is 24.3 Å². The molecular weight excluding hydrogens is 286 g/mol. The van der Waals surface area contributed by atoms with Crippen LogP contribution in [0.2, 0.25) is 0 Å². The number of phenols is 1. The van der Waals surface area contributed by atoms with Gasteiger partial charge in [0.15, 0.2) is 0 Å². The number of nitrogens with one attached hydrogen (secondary N) is 1. The second-order valence-corrected chi connectivity index (χ2v) is 6.94. The molecule has 2 aromatic rings. The molecule has 3 rings (SSSR count). The summed E-state index contributed by atoms with van der Waals surface area (Å²) in [7, 11) is 0. The predicted molar refractivity (Wildman–Crippen MR) is 93.1 cm³/mol. The van der Waals surface area contributed by atoms with Crippen molar-refractivity contribution in [2.45, 2.75) is 45.2 Å². The Morgan fingerprint density at radius 3 is 2.61 bits per heavy atom. The maximum atomic E-state index is 9.80. The molecule has 1 atom stereocenters. The topological polar surface area (TPSA) is 41.5 Å². The van der Waals surface area contributed by atoms with Gasteiger partial charge in [-0.05, 0) is 67.6 Å². The molecule has 122 valence electrons. The van der Waals surface area contributed by atoms with Gasteiger partial charge in [0.05, 0.1) is 12.6 Å². The molecule has 0 amide bonds. The Labute approximate surface area is 138 Å². The van der Waals surface area contributed by atoms with Crippen molar-refractivity contribution in [1.82, 2.24) is 5.32 Å². The maximum absolute atomic E-state index is 9.80. The zero-order valence-electron chi connectivity index (χ0n) is 14.1. The normalized spacial score (nSPS) is 19.2. The van der Waals surface area contributed by atoms with Gasteiger partial charge in [0, 0.05) is 5.54 Å². The average molecular weight is 311 g/mol. The standard InChI is InChI=1S/C20H25NO2/c1-4-11-23-17-8-5-14(6-9-17)19-18-10-7-16(22)12-15(18)13-20(2,3)21-19/h5-10,12,19,21-22H,4,11,13H2,1-3H3/t19-/m0/s1. The van der Waals surface area contributed by atoms with Gasteiger partial charge >= 0.3 is 0 Å². The molecule has 3 heteroatoms. The lowest BCUT2D eigenvalue weighted by Crippen LogP contribution is -2.47. The molecule has 2 aromatic carbocycles. The lowest BCUT2D eigenvalue weighted by Gasteiger charge is -2.39. The average Bonchev–Trinajstić information content (AvgIpc) is 2.51. The minimum absolute atomic E-state index is 0.0111. The highest BCUT2D eigenvalue weighted by Crippen LogP contribution is 2.36. The summed E-state index contributed by atoms with van der Waals surface area (Å²) in [4.78, 5) is 0. The minimum Gasteiger partial charge on any atom is -0.508 e. The van der Waals surface area contributed by atoms with Gasteiger partial charge in [-0.2, -0.15) is 0 Å². The van der Waals surface area contributed by atoms with Crippen LogP contribution in [-0.2, 0) is 6.42 Å². The fourth-order valence-corrected chi connectivity index (χ4v) is 3.26. The summed E-state index contributed by atoms with van der Waals surface area (Å²) in [6, 6.07) is 14.1. The number of hydrogen-bond donors (Lipinski definition) is 2. The Kier molecular flexibility index (Phi) is 4.31. The Hall–Kier alpha value is -2.00. The van der Waals surface area contributed by atoms with Crippen molar-refractivity contribution in [3.63, 3.8) is 0 Å². The first kappa shape index (κ1) is 15.9. The van der Waals surface area contributed by atoms with Gasteiger partial charge < -0.3 is 15.2 Å². The highest BCUT2D eigenvalue weighted by molar-refractivity contribution is 5.45. The Morgan fingerprint density at radius 2 is 1.91 bits per heavy atom. The SMILES string of the molecule is CCCOc1ccc([C@@H]2NC(C)(C)Cc3cc(O)ccc32)cc1. The van der Waals surface area contributed by atoms with Crippen LogP contribution < -0.4 is 10.1 Å². The molecule has 0 saturated carbocycles. The Bertz CT molecular complexity index is 677. The smallest absolute Gasteiger partial charge is 0.119 e. The third kappa shape index (κ3) is 3.50. The van der Waals surface area contributed by atoms with Crippen molar-refractivity contribution in [2.24, 2.45) is 0 Å². The molecule has 0 aromatic heterocycles. The van der Waals surface area contributed by atoms with E-state index in [-0.39, 0.29) is 11.6 Å². The van der Waals surface area contributed by atoms with Crippen molar-refractivity contribution in [3.8, 4) is 11.5 Å². The molecule has 1 heterocycles. The molecule has 2 N–H and O–H groups in total. The number of fused-ring (bicyclic) bond motifs is 1. The molecule has 0 saturated heterocycles. The summed E-state index contributed by atoms with van der Waals surface area (Å²) >= 11 is 0. The van der Waals surface area contributed by atoms with Gasteiger partial charge in [0.2, 0.25) is 0 Å². The number of ether oxygens (including phenoxy) is 1. The van der Waals surface area contributed by atoms with E-state index >= 15 is 0 Å². The van der Waals surface area contributed by atoms with Crippen LogP contribution in [0.5, 0.6) is 11.5 Å². The third-order valence-corrected chi connectivity index (χ3v) is 4.29. The monoisotopic (exact) mass is 311 g/mol. The molecule has 1 aliphatic rings. The first-order valence-electron chi connectivity index (χ1n) is 8.31. The summed E-state index contributed by atoms with van der Waals surface area (Å²) in [6.07, 6.45) is 1.92. The third-order valence-electron chi connectivity index (χ3n) is 4.29. The molecule has 0 aliphatic carbocycles. The predicted octanol–water partition coefficient (Wildman–Crippen LogP) is 4.19. The minimum atomic E-state index is -0.0111. The van der Waals surface area contributed by atoms with Crippen molar-refractivity contribution in [3.05, 3.63) is 59.2 Å². The Morgan fingerprint density at radius 1 is 1.17 bits per heavy atom. The van der Waals surface area contributed by atoms with Crippen LogP contribution in [0.25, 0.3) is 0 Å². The molecule has 0 bridgehead atoms. The van der Waals surface area contributed by atoms with Crippen LogP contribution in [-0.4, -0.2) is 17.3 Å². The second kappa shape index (κ2) is 6.25. The highest BCUT2D eigenvalue weighted by atomic mass is 16.5.